The van der Waals surface area contributed by atoms with Gasteiger partial charge in [0.15, 0.2) is 0 Å². The number of carbonyl (C=O) groups excluding carboxylic acids is 3. The highest BCUT2D eigenvalue weighted by Crippen LogP contribution is 2.24. The largest absolute Gasteiger partial charge is 0.343 e. The Kier molecular flexibility index (Phi) is 5.15. The molecule has 0 spiro atoms. The van der Waals surface area contributed by atoms with Crippen molar-refractivity contribution in [2.75, 3.05) is 11.9 Å². The molecule has 0 radical (unpaired) electrons. The van der Waals surface area contributed by atoms with E-state index >= 15 is 0 Å². The fourth-order valence-corrected chi connectivity index (χ4v) is 3.62. The fraction of sp³-hybridized carbons (Fsp3) is 0.526. The number of hydrogen-bond donors (Lipinski definition) is 3. The Hall–Kier alpha value is -2.57. The van der Waals surface area contributed by atoms with Gasteiger partial charge in [-0.25, -0.2) is 4.79 Å². The predicted molar refractivity (Wildman–Crippen MR) is 98.8 cm³/mol. The molecule has 140 valence electrons. The summed E-state index contributed by atoms with van der Waals surface area (Å²) < 4.78 is 0. The first-order valence-corrected chi connectivity index (χ1v) is 9.14. The van der Waals surface area contributed by atoms with Crippen LogP contribution in [0.1, 0.15) is 37.3 Å². The summed E-state index contributed by atoms with van der Waals surface area (Å²) in [4.78, 5) is 38.7. The standard InChI is InChI=1S/C19H26N4O3/c1-4-5-15-18(25)23-10-14(9-16(23)17(24)22-15)21-19(26)20-13-7-6-11(2)12(3)8-13/h6-8,14-16H,4-5,9-10H2,1-3H3,(H,22,24)(H2,20,21,26)/t14-,15-,16-/m0/s1. The number of nitrogens with one attached hydrogen (secondary N) is 3. The molecule has 2 saturated heterocycles. The number of piperazine rings is 1. The van der Waals surface area contributed by atoms with Crippen LogP contribution in [0.4, 0.5) is 10.5 Å². The molecule has 0 saturated carbocycles. The molecule has 3 atom stereocenters. The number of rotatable bonds is 4. The molecule has 0 unspecified atom stereocenters. The molecule has 3 N–H and O–H groups in total. The van der Waals surface area contributed by atoms with Crippen molar-refractivity contribution in [3.05, 3.63) is 29.3 Å². The second-order valence-electron chi connectivity index (χ2n) is 7.19. The average Bonchev–Trinajstić information content (AvgIpc) is 3.00. The molecule has 1 aromatic rings. The van der Waals surface area contributed by atoms with Crippen LogP contribution in [-0.2, 0) is 9.59 Å². The summed E-state index contributed by atoms with van der Waals surface area (Å²) in [7, 11) is 0. The lowest BCUT2D eigenvalue weighted by molar-refractivity contribution is -0.147. The van der Waals surface area contributed by atoms with Gasteiger partial charge < -0.3 is 20.9 Å². The van der Waals surface area contributed by atoms with Crippen LogP contribution in [0.2, 0.25) is 0 Å². The molecule has 1 aromatic carbocycles. The lowest BCUT2D eigenvalue weighted by atomic mass is 10.0. The van der Waals surface area contributed by atoms with Gasteiger partial charge in [0.2, 0.25) is 11.8 Å². The SMILES string of the molecule is CCC[C@@H]1NC(=O)[C@@H]2C[C@H](NC(=O)Nc3ccc(C)c(C)c3)CN2C1=O. The van der Waals surface area contributed by atoms with Crippen LogP contribution < -0.4 is 16.0 Å². The van der Waals surface area contributed by atoms with Gasteiger partial charge in [-0.05, 0) is 49.9 Å². The zero-order chi connectivity index (χ0) is 18.8. The van der Waals surface area contributed by atoms with Gasteiger partial charge >= 0.3 is 6.03 Å². The molecule has 2 aliphatic heterocycles. The highest BCUT2D eigenvalue weighted by atomic mass is 16.2. The van der Waals surface area contributed by atoms with Gasteiger partial charge in [0.25, 0.3) is 0 Å². The van der Waals surface area contributed by atoms with Crippen LogP contribution in [-0.4, -0.2) is 47.4 Å². The Balaban J connectivity index is 1.60. The monoisotopic (exact) mass is 358 g/mol. The molecule has 7 nitrogen and oxygen atoms in total. The molecule has 3 rings (SSSR count). The Morgan fingerprint density at radius 2 is 2.04 bits per heavy atom. The van der Waals surface area contributed by atoms with Crippen molar-refractivity contribution >= 4 is 23.5 Å². The minimum Gasteiger partial charge on any atom is -0.343 e. The molecule has 7 heteroatoms. The molecule has 0 aromatic heterocycles. The molecule has 0 bridgehead atoms. The molecular weight excluding hydrogens is 332 g/mol. The van der Waals surface area contributed by atoms with Crippen molar-refractivity contribution in [1.82, 2.24) is 15.5 Å². The molecule has 2 fully saturated rings. The van der Waals surface area contributed by atoms with E-state index in [4.69, 9.17) is 0 Å². The second-order valence-corrected chi connectivity index (χ2v) is 7.19. The minimum absolute atomic E-state index is 0.0460. The number of nitrogens with zero attached hydrogens (tertiary/aromatic N) is 1. The Labute approximate surface area is 153 Å². The average molecular weight is 358 g/mol. The van der Waals surface area contributed by atoms with Gasteiger partial charge in [0.1, 0.15) is 12.1 Å². The summed E-state index contributed by atoms with van der Waals surface area (Å²) in [5, 5.41) is 8.50. The quantitative estimate of drug-likeness (QED) is 0.765. The van der Waals surface area contributed by atoms with Crippen molar-refractivity contribution in [3.8, 4) is 0 Å². The highest BCUT2D eigenvalue weighted by molar-refractivity contribution is 5.98. The van der Waals surface area contributed by atoms with Crippen molar-refractivity contribution in [2.45, 2.75) is 58.2 Å². The van der Waals surface area contributed by atoms with Gasteiger partial charge in [-0.3, -0.25) is 9.59 Å². The Morgan fingerprint density at radius 3 is 2.73 bits per heavy atom. The number of benzene rings is 1. The van der Waals surface area contributed by atoms with E-state index in [9.17, 15) is 14.4 Å². The van der Waals surface area contributed by atoms with Crippen molar-refractivity contribution < 1.29 is 14.4 Å². The number of aryl methyl sites for hydroxylation is 2. The number of fused-ring (bicyclic) bond motifs is 1. The van der Waals surface area contributed by atoms with E-state index in [1.165, 1.54) is 0 Å². The zero-order valence-electron chi connectivity index (χ0n) is 15.5. The number of amides is 4. The first kappa shape index (κ1) is 18.2. The third-order valence-electron chi connectivity index (χ3n) is 5.18. The number of anilines is 1. The first-order valence-electron chi connectivity index (χ1n) is 9.14. The van der Waals surface area contributed by atoms with Gasteiger partial charge in [0, 0.05) is 12.2 Å². The maximum atomic E-state index is 12.5. The smallest absolute Gasteiger partial charge is 0.319 e. The third-order valence-corrected chi connectivity index (χ3v) is 5.18. The lowest BCUT2D eigenvalue weighted by Gasteiger charge is -2.34. The summed E-state index contributed by atoms with van der Waals surface area (Å²) in [6.07, 6.45) is 1.91. The van der Waals surface area contributed by atoms with E-state index in [0.29, 0.717) is 19.4 Å². The molecule has 4 amide bonds. The Bertz CT molecular complexity index is 733. The van der Waals surface area contributed by atoms with E-state index in [-0.39, 0.29) is 23.9 Å². The van der Waals surface area contributed by atoms with Gasteiger partial charge in [0.05, 0.1) is 6.04 Å². The predicted octanol–water partition coefficient (Wildman–Crippen LogP) is 1.69. The topological polar surface area (TPSA) is 90.5 Å². The first-order chi connectivity index (χ1) is 12.4. The lowest BCUT2D eigenvalue weighted by Crippen LogP contribution is -2.61. The van der Waals surface area contributed by atoms with Crippen LogP contribution in [0.3, 0.4) is 0 Å². The van der Waals surface area contributed by atoms with Gasteiger partial charge in [-0.15, -0.1) is 0 Å². The molecular formula is C19H26N4O3. The van der Waals surface area contributed by atoms with Crippen LogP contribution >= 0.6 is 0 Å². The Morgan fingerprint density at radius 1 is 1.27 bits per heavy atom. The third kappa shape index (κ3) is 3.66. The summed E-state index contributed by atoms with van der Waals surface area (Å²) in [5.74, 6) is -0.169. The second kappa shape index (κ2) is 7.35. The maximum absolute atomic E-state index is 12.5. The molecule has 26 heavy (non-hydrogen) atoms. The van der Waals surface area contributed by atoms with Crippen LogP contribution in [0.5, 0.6) is 0 Å². The van der Waals surface area contributed by atoms with Crippen LogP contribution in [0, 0.1) is 13.8 Å². The summed E-state index contributed by atoms with van der Waals surface area (Å²) >= 11 is 0. The zero-order valence-corrected chi connectivity index (χ0v) is 15.5. The van der Waals surface area contributed by atoms with E-state index < -0.39 is 12.1 Å². The normalized spacial score (nSPS) is 24.9. The fourth-order valence-electron chi connectivity index (χ4n) is 3.62. The number of carbonyl (C=O) groups is 3. The van der Waals surface area contributed by atoms with E-state index in [0.717, 1.165) is 23.2 Å². The van der Waals surface area contributed by atoms with E-state index in [1.54, 1.807) is 4.90 Å². The summed E-state index contributed by atoms with van der Waals surface area (Å²) in [6.45, 7) is 6.36. The molecule has 2 heterocycles. The number of hydrogen-bond acceptors (Lipinski definition) is 3. The summed E-state index contributed by atoms with van der Waals surface area (Å²) in [5.41, 5.74) is 2.98. The summed E-state index contributed by atoms with van der Waals surface area (Å²) in [6, 6.07) is 4.25. The minimum atomic E-state index is -0.484. The van der Waals surface area contributed by atoms with Gasteiger partial charge in [-0.1, -0.05) is 19.4 Å². The number of urea groups is 1. The maximum Gasteiger partial charge on any atom is 0.319 e. The van der Waals surface area contributed by atoms with E-state index in [2.05, 4.69) is 16.0 Å². The van der Waals surface area contributed by atoms with Crippen LogP contribution in [0.25, 0.3) is 0 Å². The van der Waals surface area contributed by atoms with Crippen LogP contribution in [0.15, 0.2) is 18.2 Å². The van der Waals surface area contributed by atoms with Crippen molar-refractivity contribution in [1.29, 1.82) is 0 Å². The highest BCUT2D eigenvalue weighted by Gasteiger charge is 2.46. The van der Waals surface area contributed by atoms with Crippen molar-refractivity contribution in [3.63, 3.8) is 0 Å². The van der Waals surface area contributed by atoms with Crippen molar-refractivity contribution in [2.24, 2.45) is 0 Å². The molecule has 2 aliphatic rings. The van der Waals surface area contributed by atoms with E-state index in [1.807, 2.05) is 39.0 Å². The molecule has 0 aliphatic carbocycles. The van der Waals surface area contributed by atoms with Gasteiger partial charge in [-0.2, -0.15) is 0 Å².